The molecule has 1 N–H and O–H groups in total. The number of nitrogens with one attached hydrogen (secondary N) is 1. The van der Waals surface area contributed by atoms with Crippen molar-refractivity contribution in [1.82, 2.24) is 5.32 Å². The van der Waals surface area contributed by atoms with Gasteiger partial charge in [-0.3, -0.25) is 0 Å². The largest absolute Gasteiger partial charge is 0.314 e. The van der Waals surface area contributed by atoms with Crippen molar-refractivity contribution in [3.8, 4) is 0 Å². The van der Waals surface area contributed by atoms with E-state index in [1.165, 1.54) is 48.9 Å². The molecule has 1 aliphatic carbocycles. The van der Waals surface area contributed by atoms with Gasteiger partial charge < -0.3 is 5.32 Å². The van der Waals surface area contributed by atoms with E-state index in [1.807, 2.05) is 0 Å². The van der Waals surface area contributed by atoms with Crippen molar-refractivity contribution < 1.29 is 0 Å². The lowest BCUT2D eigenvalue weighted by atomic mass is 9.96. The summed E-state index contributed by atoms with van der Waals surface area (Å²) in [6.45, 7) is 7.84. The molecule has 1 aromatic rings. The van der Waals surface area contributed by atoms with Gasteiger partial charge in [0, 0.05) is 6.04 Å². The van der Waals surface area contributed by atoms with Crippen molar-refractivity contribution in [2.75, 3.05) is 6.54 Å². The van der Waals surface area contributed by atoms with Crippen LogP contribution in [0.4, 0.5) is 0 Å². The van der Waals surface area contributed by atoms with Crippen molar-refractivity contribution in [1.29, 1.82) is 0 Å². The molecule has 1 aromatic carbocycles. The molecule has 0 heterocycles. The molecule has 0 aliphatic heterocycles. The third-order valence-electron chi connectivity index (χ3n) is 3.45. The Hall–Kier alpha value is -0.820. The normalized spacial score (nSPS) is 15.4. The maximum Gasteiger partial charge on any atom is 0.00682 e. The van der Waals surface area contributed by atoms with Crippen LogP contribution >= 0.6 is 0 Å². The number of hydrogen-bond acceptors (Lipinski definition) is 1. The molecule has 0 aromatic heterocycles. The molecule has 0 saturated heterocycles. The van der Waals surface area contributed by atoms with Crippen molar-refractivity contribution in [3.05, 3.63) is 34.4 Å². The van der Waals surface area contributed by atoms with Crippen LogP contribution in [0.5, 0.6) is 0 Å². The fourth-order valence-corrected chi connectivity index (χ4v) is 2.46. The zero-order valence-electron chi connectivity index (χ0n) is 10.8. The van der Waals surface area contributed by atoms with Crippen LogP contribution in [0.3, 0.4) is 0 Å². The fraction of sp³-hybridized carbons (Fsp3) is 0.600. The average Bonchev–Trinajstić information content (AvgIpc) is 2.98. The first-order valence-corrected chi connectivity index (χ1v) is 6.47. The predicted octanol–water partition coefficient (Wildman–Crippen LogP) is 3.30. The summed E-state index contributed by atoms with van der Waals surface area (Å²) in [6, 6.07) is 5.45. The van der Waals surface area contributed by atoms with Gasteiger partial charge in [0.15, 0.2) is 0 Å². The molecule has 0 radical (unpaired) electrons. The summed E-state index contributed by atoms with van der Waals surface area (Å²) in [6.07, 6.45) is 5.27. The molecule has 0 amide bonds. The van der Waals surface area contributed by atoms with Gasteiger partial charge in [0.2, 0.25) is 0 Å². The number of hydrogen-bond donors (Lipinski definition) is 1. The molecule has 0 bridgehead atoms. The highest BCUT2D eigenvalue weighted by molar-refractivity contribution is 5.37. The third kappa shape index (κ3) is 3.08. The number of benzene rings is 1. The van der Waals surface area contributed by atoms with Crippen LogP contribution in [-0.2, 0) is 6.42 Å². The monoisotopic (exact) mass is 217 g/mol. The minimum Gasteiger partial charge on any atom is -0.314 e. The second-order valence-electron chi connectivity index (χ2n) is 5.21. The van der Waals surface area contributed by atoms with Gasteiger partial charge in [0.25, 0.3) is 0 Å². The summed E-state index contributed by atoms with van der Waals surface area (Å²) in [5.41, 5.74) is 5.87. The summed E-state index contributed by atoms with van der Waals surface area (Å²) < 4.78 is 0. The van der Waals surface area contributed by atoms with Gasteiger partial charge in [-0.2, -0.15) is 0 Å². The molecule has 0 atom stereocenters. The Kier molecular flexibility index (Phi) is 3.65. The van der Waals surface area contributed by atoms with E-state index in [-0.39, 0.29) is 0 Å². The molecule has 1 heteroatoms. The minimum atomic E-state index is 0.847. The first kappa shape index (κ1) is 11.7. The van der Waals surface area contributed by atoms with Gasteiger partial charge in [-0.15, -0.1) is 0 Å². The maximum absolute atomic E-state index is 3.58. The SMILES string of the molecule is Cc1cc(C)c(CCCNC2CC2)c(C)c1. The van der Waals surface area contributed by atoms with Crippen molar-refractivity contribution in [2.45, 2.75) is 52.5 Å². The van der Waals surface area contributed by atoms with E-state index < -0.39 is 0 Å². The Morgan fingerprint density at radius 1 is 1.12 bits per heavy atom. The summed E-state index contributed by atoms with van der Waals surface area (Å²) in [4.78, 5) is 0. The maximum atomic E-state index is 3.58. The Bertz CT molecular complexity index is 341. The first-order chi connectivity index (χ1) is 7.66. The Balaban J connectivity index is 1.87. The van der Waals surface area contributed by atoms with E-state index in [2.05, 4.69) is 38.2 Å². The highest BCUT2D eigenvalue weighted by Gasteiger charge is 2.19. The Morgan fingerprint density at radius 2 is 1.75 bits per heavy atom. The predicted molar refractivity (Wildman–Crippen MR) is 70.0 cm³/mol. The quantitative estimate of drug-likeness (QED) is 0.746. The van der Waals surface area contributed by atoms with Gasteiger partial charge in [0.1, 0.15) is 0 Å². The summed E-state index contributed by atoms with van der Waals surface area (Å²) in [5, 5.41) is 3.58. The lowest BCUT2D eigenvalue weighted by Gasteiger charge is -2.11. The van der Waals surface area contributed by atoms with Crippen molar-refractivity contribution >= 4 is 0 Å². The zero-order valence-corrected chi connectivity index (χ0v) is 10.8. The lowest BCUT2D eigenvalue weighted by Crippen LogP contribution is -2.18. The second-order valence-corrected chi connectivity index (χ2v) is 5.21. The molecule has 0 spiro atoms. The number of rotatable bonds is 5. The van der Waals surface area contributed by atoms with Gasteiger partial charge in [-0.25, -0.2) is 0 Å². The van der Waals surface area contributed by atoms with Crippen LogP contribution in [-0.4, -0.2) is 12.6 Å². The smallest absolute Gasteiger partial charge is 0.00682 e. The van der Waals surface area contributed by atoms with Gasteiger partial charge in [0.05, 0.1) is 0 Å². The van der Waals surface area contributed by atoms with Crippen molar-refractivity contribution in [3.63, 3.8) is 0 Å². The van der Waals surface area contributed by atoms with Crippen LogP contribution in [0.25, 0.3) is 0 Å². The molecule has 1 nitrogen and oxygen atoms in total. The molecule has 1 aliphatic rings. The van der Waals surface area contributed by atoms with Crippen LogP contribution in [0.15, 0.2) is 12.1 Å². The molecule has 1 fully saturated rings. The van der Waals surface area contributed by atoms with Crippen LogP contribution in [0.1, 0.15) is 41.5 Å². The topological polar surface area (TPSA) is 12.0 Å². The standard InChI is InChI=1S/C15H23N/c1-11-9-12(2)15(13(3)10-11)5-4-8-16-14-6-7-14/h9-10,14,16H,4-8H2,1-3H3. The summed E-state index contributed by atoms with van der Waals surface area (Å²) >= 11 is 0. The molecular formula is C15H23N. The zero-order chi connectivity index (χ0) is 11.5. The summed E-state index contributed by atoms with van der Waals surface area (Å²) in [5.74, 6) is 0. The fourth-order valence-electron chi connectivity index (χ4n) is 2.46. The van der Waals surface area contributed by atoms with E-state index in [0.29, 0.717) is 0 Å². The van der Waals surface area contributed by atoms with E-state index >= 15 is 0 Å². The molecule has 88 valence electrons. The molecule has 2 rings (SSSR count). The first-order valence-electron chi connectivity index (χ1n) is 6.47. The molecule has 1 saturated carbocycles. The number of aryl methyl sites for hydroxylation is 3. The molecule has 16 heavy (non-hydrogen) atoms. The van der Waals surface area contributed by atoms with E-state index in [4.69, 9.17) is 0 Å². The summed E-state index contributed by atoms with van der Waals surface area (Å²) in [7, 11) is 0. The van der Waals surface area contributed by atoms with Gasteiger partial charge in [-0.1, -0.05) is 17.7 Å². The minimum absolute atomic E-state index is 0.847. The van der Waals surface area contributed by atoms with Gasteiger partial charge in [-0.05, 0) is 69.7 Å². The second kappa shape index (κ2) is 5.01. The third-order valence-corrected chi connectivity index (χ3v) is 3.45. The highest BCUT2D eigenvalue weighted by atomic mass is 14.9. The lowest BCUT2D eigenvalue weighted by molar-refractivity contribution is 0.644. The van der Waals surface area contributed by atoms with Crippen LogP contribution in [0, 0.1) is 20.8 Å². The highest BCUT2D eigenvalue weighted by Crippen LogP contribution is 2.20. The van der Waals surface area contributed by atoms with Crippen LogP contribution in [0.2, 0.25) is 0 Å². The van der Waals surface area contributed by atoms with Crippen molar-refractivity contribution in [2.24, 2.45) is 0 Å². The van der Waals surface area contributed by atoms with Gasteiger partial charge >= 0.3 is 0 Å². The Labute approximate surface area is 99.3 Å². The molecule has 0 unspecified atom stereocenters. The average molecular weight is 217 g/mol. The van der Waals surface area contributed by atoms with E-state index in [0.717, 1.165) is 6.04 Å². The van der Waals surface area contributed by atoms with Crippen LogP contribution < -0.4 is 5.32 Å². The Morgan fingerprint density at radius 3 is 2.31 bits per heavy atom. The van der Waals surface area contributed by atoms with E-state index in [9.17, 15) is 0 Å². The van der Waals surface area contributed by atoms with E-state index in [1.54, 1.807) is 5.56 Å². The molecular weight excluding hydrogens is 194 g/mol.